The molecule has 7 nitrogen and oxygen atoms in total. The van der Waals surface area contributed by atoms with E-state index in [1.54, 1.807) is 43.3 Å². The Bertz CT molecular complexity index is 1420. The van der Waals surface area contributed by atoms with Gasteiger partial charge in [0.15, 0.2) is 0 Å². The van der Waals surface area contributed by atoms with Gasteiger partial charge < -0.3 is 10.2 Å². The predicted molar refractivity (Wildman–Crippen MR) is 164 cm³/mol. The van der Waals surface area contributed by atoms with E-state index in [1.807, 2.05) is 31.2 Å². The number of hydrogen-bond donors (Lipinski definition) is 1. The molecule has 0 radical (unpaired) electrons. The lowest BCUT2D eigenvalue weighted by Gasteiger charge is -2.32. The van der Waals surface area contributed by atoms with Crippen LogP contribution in [-0.4, -0.2) is 43.8 Å². The number of nitrogens with zero attached hydrogens (tertiary/aromatic N) is 2. The zero-order chi connectivity index (χ0) is 28.9. The molecule has 0 saturated heterocycles. The molecule has 1 aliphatic rings. The molecule has 1 aliphatic carbocycles. The second-order valence-electron chi connectivity index (χ2n) is 10.1. The van der Waals surface area contributed by atoms with Crippen molar-refractivity contribution in [2.45, 2.75) is 63.1 Å². The van der Waals surface area contributed by atoms with E-state index in [9.17, 15) is 18.0 Å². The van der Waals surface area contributed by atoms with Crippen molar-refractivity contribution in [1.82, 2.24) is 10.2 Å². The Kier molecular flexibility index (Phi) is 10.1. The van der Waals surface area contributed by atoms with Crippen molar-refractivity contribution >= 4 is 59.4 Å². The summed E-state index contributed by atoms with van der Waals surface area (Å²) in [5, 5.41) is 3.08. The van der Waals surface area contributed by atoms with Crippen LogP contribution >= 0.6 is 31.9 Å². The van der Waals surface area contributed by atoms with Crippen LogP contribution in [0.3, 0.4) is 0 Å². The van der Waals surface area contributed by atoms with Crippen LogP contribution in [0, 0.1) is 6.92 Å². The van der Waals surface area contributed by atoms with Crippen LogP contribution in [-0.2, 0) is 26.2 Å². The van der Waals surface area contributed by atoms with Crippen LogP contribution in [0.25, 0.3) is 0 Å². The van der Waals surface area contributed by atoms with Crippen LogP contribution in [0.5, 0.6) is 0 Å². The summed E-state index contributed by atoms with van der Waals surface area (Å²) in [6.45, 7) is 3.27. The van der Waals surface area contributed by atoms with Gasteiger partial charge in [-0.15, -0.1) is 0 Å². The van der Waals surface area contributed by atoms with Crippen LogP contribution in [0.1, 0.15) is 43.7 Å². The average Bonchev–Trinajstić information content (AvgIpc) is 3.44. The SMILES string of the molecule is Cc1ccc(S(=O)(=O)N(CC(=O)N(Cc2ccc(Br)cc2)[C@@H](C)C(=O)NC2CCCC2)c2ccc(Br)cc2)cc1. The molecule has 0 aromatic heterocycles. The fraction of sp³-hybridized carbons (Fsp3) is 0.333. The van der Waals surface area contributed by atoms with Gasteiger partial charge in [0.05, 0.1) is 10.6 Å². The maximum absolute atomic E-state index is 14.0. The number of rotatable bonds is 10. The standard InChI is InChI=1S/C30H33Br2N3O4S/c1-21-7-17-28(18-8-21)40(38,39)35(27-15-13-25(32)14-16-27)20-29(36)34(19-23-9-11-24(31)12-10-23)22(2)30(37)33-26-5-3-4-6-26/h7-18,22,26H,3-6,19-20H2,1-2H3,(H,33,37)/t22-/m0/s1. The van der Waals surface area contributed by atoms with Gasteiger partial charge in [-0.25, -0.2) is 8.42 Å². The molecule has 0 spiro atoms. The maximum atomic E-state index is 14.0. The van der Waals surface area contributed by atoms with Crippen molar-refractivity contribution in [3.63, 3.8) is 0 Å². The second-order valence-corrected chi connectivity index (χ2v) is 13.8. The molecule has 0 heterocycles. The molecule has 1 saturated carbocycles. The fourth-order valence-corrected chi connectivity index (χ4v) is 6.68. The molecule has 40 heavy (non-hydrogen) atoms. The molecule has 2 amide bonds. The summed E-state index contributed by atoms with van der Waals surface area (Å²) < 4.78 is 30.5. The van der Waals surface area contributed by atoms with E-state index in [0.29, 0.717) is 5.69 Å². The van der Waals surface area contributed by atoms with Gasteiger partial charge in [-0.2, -0.15) is 0 Å². The summed E-state index contributed by atoms with van der Waals surface area (Å²) in [7, 11) is -4.09. The van der Waals surface area contributed by atoms with Gasteiger partial charge in [-0.3, -0.25) is 13.9 Å². The minimum absolute atomic E-state index is 0.0836. The van der Waals surface area contributed by atoms with E-state index in [2.05, 4.69) is 37.2 Å². The third-order valence-electron chi connectivity index (χ3n) is 7.14. The van der Waals surface area contributed by atoms with Gasteiger partial charge in [0.1, 0.15) is 12.6 Å². The monoisotopic (exact) mass is 689 g/mol. The number of benzene rings is 3. The first kappa shape index (κ1) is 30.3. The van der Waals surface area contributed by atoms with Crippen molar-refractivity contribution in [2.75, 3.05) is 10.8 Å². The third kappa shape index (κ3) is 7.53. The molecule has 3 aromatic rings. The summed E-state index contributed by atoms with van der Waals surface area (Å²) in [6, 6.07) is 20.1. The molecule has 0 aliphatic heterocycles. The molecule has 0 unspecified atom stereocenters. The Labute approximate surface area is 253 Å². The minimum Gasteiger partial charge on any atom is -0.352 e. The van der Waals surface area contributed by atoms with Crippen LogP contribution in [0.15, 0.2) is 86.6 Å². The quantitative estimate of drug-likeness (QED) is 0.275. The topological polar surface area (TPSA) is 86.8 Å². The molecule has 10 heteroatoms. The normalized spacial score (nSPS) is 14.5. The number of carbonyl (C=O) groups excluding carboxylic acids is 2. The zero-order valence-corrected chi connectivity index (χ0v) is 26.5. The molecule has 1 fully saturated rings. The first-order valence-electron chi connectivity index (χ1n) is 13.2. The van der Waals surface area contributed by atoms with E-state index in [0.717, 1.165) is 50.1 Å². The minimum atomic E-state index is -4.09. The van der Waals surface area contributed by atoms with Crippen molar-refractivity contribution in [1.29, 1.82) is 0 Å². The van der Waals surface area contributed by atoms with E-state index in [4.69, 9.17) is 0 Å². The van der Waals surface area contributed by atoms with Crippen LogP contribution in [0.4, 0.5) is 5.69 Å². The molecular weight excluding hydrogens is 658 g/mol. The Morgan fingerprint density at radius 2 is 1.45 bits per heavy atom. The Balaban J connectivity index is 1.67. The van der Waals surface area contributed by atoms with Gasteiger partial charge in [-0.05, 0) is 80.8 Å². The summed E-state index contributed by atoms with van der Waals surface area (Å²) in [5.74, 6) is -0.718. The molecule has 212 valence electrons. The first-order chi connectivity index (χ1) is 19.0. The Hall–Kier alpha value is -2.69. The molecule has 3 aromatic carbocycles. The Morgan fingerprint density at radius 3 is 2.02 bits per heavy atom. The molecule has 1 atom stereocenters. The maximum Gasteiger partial charge on any atom is 0.264 e. The van der Waals surface area contributed by atoms with Crippen molar-refractivity contribution in [3.05, 3.63) is 92.9 Å². The number of amides is 2. The number of sulfonamides is 1. The van der Waals surface area contributed by atoms with Crippen LogP contribution < -0.4 is 9.62 Å². The molecule has 4 rings (SSSR count). The number of hydrogen-bond acceptors (Lipinski definition) is 4. The van der Waals surface area contributed by atoms with Crippen molar-refractivity contribution in [3.8, 4) is 0 Å². The number of aryl methyl sites for hydroxylation is 1. The summed E-state index contributed by atoms with van der Waals surface area (Å²) in [6.07, 6.45) is 3.98. The van der Waals surface area contributed by atoms with Gasteiger partial charge in [-0.1, -0.05) is 74.5 Å². The number of halogens is 2. The summed E-state index contributed by atoms with van der Waals surface area (Å²) >= 11 is 6.83. The lowest BCUT2D eigenvalue weighted by atomic mass is 10.1. The molecule has 1 N–H and O–H groups in total. The smallest absolute Gasteiger partial charge is 0.264 e. The largest absolute Gasteiger partial charge is 0.352 e. The lowest BCUT2D eigenvalue weighted by molar-refractivity contribution is -0.139. The highest BCUT2D eigenvalue weighted by Crippen LogP contribution is 2.27. The van der Waals surface area contributed by atoms with E-state index >= 15 is 0 Å². The van der Waals surface area contributed by atoms with Crippen molar-refractivity contribution in [2.24, 2.45) is 0 Å². The summed E-state index contributed by atoms with van der Waals surface area (Å²) in [4.78, 5) is 28.8. The van der Waals surface area contributed by atoms with Gasteiger partial charge >= 0.3 is 0 Å². The fourth-order valence-electron chi connectivity index (χ4n) is 4.73. The highest BCUT2D eigenvalue weighted by Gasteiger charge is 2.33. The zero-order valence-electron chi connectivity index (χ0n) is 22.5. The average molecular weight is 691 g/mol. The first-order valence-corrected chi connectivity index (χ1v) is 16.3. The highest BCUT2D eigenvalue weighted by molar-refractivity contribution is 9.10. The van der Waals surface area contributed by atoms with E-state index in [-0.39, 0.29) is 23.4 Å². The predicted octanol–water partition coefficient (Wildman–Crippen LogP) is 6.19. The van der Waals surface area contributed by atoms with Gasteiger partial charge in [0.2, 0.25) is 11.8 Å². The van der Waals surface area contributed by atoms with Crippen LogP contribution in [0.2, 0.25) is 0 Å². The van der Waals surface area contributed by atoms with E-state index in [1.165, 1.54) is 17.0 Å². The second kappa shape index (κ2) is 13.3. The van der Waals surface area contributed by atoms with Gasteiger partial charge in [0, 0.05) is 21.5 Å². The lowest BCUT2D eigenvalue weighted by Crippen LogP contribution is -2.52. The molecule has 0 bridgehead atoms. The van der Waals surface area contributed by atoms with E-state index < -0.39 is 28.5 Å². The van der Waals surface area contributed by atoms with Gasteiger partial charge in [0.25, 0.3) is 10.0 Å². The highest BCUT2D eigenvalue weighted by atomic mass is 79.9. The third-order valence-corrected chi connectivity index (χ3v) is 9.98. The molecular formula is C30H33Br2N3O4S. The van der Waals surface area contributed by atoms with Crippen molar-refractivity contribution < 1.29 is 18.0 Å². The number of anilines is 1. The Morgan fingerprint density at radius 1 is 0.900 bits per heavy atom. The summed E-state index contributed by atoms with van der Waals surface area (Å²) in [5.41, 5.74) is 2.10. The number of nitrogens with one attached hydrogen (secondary N) is 1. The number of carbonyl (C=O) groups is 2.